The quantitative estimate of drug-likeness (QED) is 0.522. The van der Waals surface area contributed by atoms with Crippen LogP contribution in [0.2, 0.25) is 5.02 Å². The highest BCUT2D eigenvalue weighted by Crippen LogP contribution is 2.21. The number of nitro groups is 1. The van der Waals surface area contributed by atoms with E-state index in [4.69, 9.17) is 11.6 Å². The smallest absolute Gasteiger partial charge is 0.273 e. The Bertz CT molecular complexity index is 1030. The number of amides is 1. The first kappa shape index (κ1) is 18.6. The van der Waals surface area contributed by atoms with Gasteiger partial charge in [-0.15, -0.1) is 0 Å². The van der Waals surface area contributed by atoms with Gasteiger partial charge in [-0.05, 0) is 31.5 Å². The molecule has 138 valence electrons. The molecule has 0 aliphatic rings. The summed E-state index contributed by atoms with van der Waals surface area (Å²) in [5.41, 5.74) is 2.36. The Morgan fingerprint density at radius 2 is 1.96 bits per heavy atom. The zero-order valence-electron chi connectivity index (χ0n) is 14.8. The van der Waals surface area contributed by atoms with Crippen LogP contribution < -0.4 is 5.32 Å². The zero-order valence-corrected chi connectivity index (χ0v) is 15.5. The summed E-state index contributed by atoms with van der Waals surface area (Å²) in [4.78, 5) is 23.0. The molecule has 0 fully saturated rings. The number of halogens is 1. The highest BCUT2D eigenvalue weighted by Gasteiger charge is 2.16. The molecule has 0 atom stereocenters. The van der Waals surface area contributed by atoms with Gasteiger partial charge in [-0.3, -0.25) is 19.6 Å². The van der Waals surface area contributed by atoms with E-state index in [0.717, 1.165) is 11.3 Å². The lowest BCUT2D eigenvalue weighted by Crippen LogP contribution is -2.13. The highest BCUT2D eigenvalue weighted by molar-refractivity contribution is 6.31. The molecule has 3 rings (SSSR count). The van der Waals surface area contributed by atoms with Gasteiger partial charge < -0.3 is 5.32 Å². The molecular formula is C19H17ClN4O3. The van der Waals surface area contributed by atoms with Crippen LogP contribution in [0, 0.1) is 24.0 Å². The molecule has 0 bridgehead atoms. The number of anilines is 1. The van der Waals surface area contributed by atoms with Crippen molar-refractivity contribution in [2.24, 2.45) is 0 Å². The van der Waals surface area contributed by atoms with Gasteiger partial charge in [0.25, 0.3) is 11.6 Å². The summed E-state index contributed by atoms with van der Waals surface area (Å²) < 4.78 is 1.73. The van der Waals surface area contributed by atoms with Crippen molar-refractivity contribution in [1.82, 2.24) is 9.78 Å². The number of benzene rings is 2. The number of carbonyl (C=O) groups is 1. The van der Waals surface area contributed by atoms with E-state index in [9.17, 15) is 14.9 Å². The van der Waals surface area contributed by atoms with Crippen molar-refractivity contribution in [2.75, 3.05) is 5.32 Å². The molecule has 3 aromatic rings. The third-order valence-corrected chi connectivity index (χ3v) is 4.54. The van der Waals surface area contributed by atoms with E-state index in [2.05, 4.69) is 10.4 Å². The summed E-state index contributed by atoms with van der Waals surface area (Å²) in [5.74, 6) is -0.0896. The molecule has 1 N–H and O–H groups in total. The molecule has 1 amide bonds. The maximum atomic E-state index is 12.4. The molecule has 1 heterocycles. The fraction of sp³-hybridized carbons (Fsp3) is 0.158. The first-order valence-electron chi connectivity index (χ1n) is 8.19. The molecule has 7 nitrogen and oxygen atoms in total. The molecule has 1 aromatic heterocycles. The SMILES string of the molecule is Cc1ccc(C(=O)Nc2cc(C)n(Cc3ccccc3Cl)n2)cc1[N+](=O)[O-]. The fourth-order valence-corrected chi connectivity index (χ4v) is 2.85. The van der Waals surface area contributed by atoms with Crippen LogP contribution in [0.15, 0.2) is 48.5 Å². The van der Waals surface area contributed by atoms with Crippen LogP contribution in [-0.2, 0) is 6.54 Å². The summed E-state index contributed by atoms with van der Waals surface area (Å²) in [7, 11) is 0. The number of hydrogen-bond acceptors (Lipinski definition) is 4. The zero-order chi connectivity index (χ0) is 19.6. The molecule has 8 heteroatoms. The van der Waals surface area contributed by atoms with Crippen molar-refractivity contribution in [3.8, 4) is 0 Å². The van der Waals surface area contributed by atoms with Gasteiger partial charge in [-0.1, -0.05) is 35.9 Å². The maximum absolute atomic E-state index is 12.4. The number of rotatable bonds is 5. The van der Waals surface area contributed by atoms with E-state index in [-0.39, 0.29) is 11.3 Å². The van der Waals surface area contributed by atoms with Crippen LogP contribution in [0.5, 0.6) is 0 Å². The van der Waals surface area contributed by atoms with E-state index in [1.165, 1.54) is 6.07 Å². The normalized spacial score (nSPS) is 10.6. The van der Waals surface area contributed by atoms with Gasteiger partial charge in [0.05, 0.1) is 11.5 Å². The van der Waals surface area contributed by atoms with Gasteiger partial charge in [0.1, 0.15) is 0 Å². The minimum Gasteiger partial charge on any atom is -0.305 e. The first-order valence-corrected chi connectivity index (χ1v) is 8.57. The molecule has 0 saturated carbocycles. The standard InChI is InChI=1S/C19H17ClN4O3/c1-12-7-8-14(10-17(12)24(26)27)19(25)21-18-9-13(2)23(22-18)11-15-5-3-4-6-16(15)20/h3-10H,11H2,1-2H3,(H,21,22,25). The second kappa shape index (κ2) is 7.59. The highest BCUT2D eigenvalue weighted by atomic mass is 35.5. The Hall–Kier alpha value is -3.19. The van der Waals surface area contributed by atoms with Gasteiger partial charge >= 0.3 is 0 Å². The molecule has 27 heavy (non-hydrogen) atoms. The van der Waals surface area contributed by atoms with Gasteiger partial charge in [0.15, 0.2) is 5.82 Å². The molecule has 0 aliphatic heterocycles. The van der Waals surface area contributed by atoms with Crippen molar-refractivity contribution < 1.29 is 9.72 Å². The van der Waals surface area contributed by atoms with Crippen molar-refractivity contribution in [2.45, 2.75) is 20.4 Å². The summed E-state index contributed by atoms with van der Waals surface area (Å²) in [6.45, 7) is 3.97. The molecule has 0 saturated heterocycles. The van der Waals surface area contributed by atoms with Gasteiger partial charge in [-0.25, -0.2) is 0 Å². The van der Waals surface area contributed by atoms with E-state index >= 15 is 0 Å². The van der Waals surface area contributed by atoms with Crippen LogP contribution in [0.4, 0.5) is 11.5 Å². The van der Waals surface area contributed by atoms with Crippen molar-refractivity contribution in [3.63, 3.8) is 0 Å². The van der Waals surface area contributed by atoms with Gasteiger partial charge in [0, 0.05) is 34.0 Å². The number of nitrogens with zero attached hydrogens (tertiary/aromatic N) is 3. The number of aromatic nitrogens is 2. The second-order valence-corrected chi connectivity index (χ2v) is 6.54. The van der Waals surface area contributed by atoms with Crippen LogP contribution >= 0.6 is 11.6 Å². The fourth-order valence-electron chi connectivity index (χ4n) is 2.66. The second-order valence-electron chi connectivity index (χ2n) is 6.13. The van der Waals surface area contributed by atoms with E-state index < -0.39 is 10.8 Å². The molecule has 0 radical (unpaired) electrons. The maximum Gasteiger partial charge on any atom is 0.273 e. The van der Waals surface area contributed by atoms with Crippen molar-refractivity contribution in [3.05, 3.63) is 86.1 Å². The summed E-state index contributed by atoms with van der Waals surface area (Å²) >= 11 is 6.18. The van der Waals surface area contributed by atoms with Crippen LogP contribution in [-0.4, -0.2) is 20.6 Å². The summed E-state index contributed by atoms with van der Waals surface area (Å²) in [5, 5.41) is 18.8. The monoisotopic (exact) mass is 384 g/mol. The van der Waals surface area contributed by atoms with Crippen molar-refractivity contribution >= 4 is 29.0 Å². The number of aryl methyl sites for hydroxylation is 2. The van der Waals surface area contributed by atoms with Crippen LogP contribution in [0.3, 0.4) is 0 Å². The van der Waals surface area contributed by atoms with E-state index in [0.29, 0.717) is 22.9 Å². The third kappa shape index (κ3) is 4.15. The minimum atomic E-state index is -0.505. The van der Waals surface area contributed by atoms with Gasteiger partial charge in [0.2, 0.25) is 0 Å². The number of nitro benzene ring substituents is 1. The van der Waals surface area contributed by atoms with Crippen LogP contribution in [0.25, 0.3) is 0 Å². The lowest BCUT2D eigenvalue weighted by molar-refractivity contribution is -0.385. The van der Waals surface area contributed by atoms with Crippen LogP contribution in [0.1, 0.15) is 27.2 Å². The van der Waals surface area contributed by atoms with E-state index in [1.54, 1.807) is 29.8 Å². The molecule has 2 aromatic carbocycles. The Kier molecular flexibility index (Phi) is 5.23. The predicted molar refractivity (Wildman–Crippen MR) is 103 cm³/mol. The number of nitrogens with one attached hydrogen (secondary N) is 1. The first-order chi connectivity index (χ1) is 12.8. The molecular weight excluding hydrogens is 368 g/mol. The summed E-state index contributed by atoms with van der Waals surface area (Å²) in [6, 6.07) is 13.6. The lowest BCUT2D eigenvalue weighted by atomic mass is 10.1. The topological polar surface area (TPSA) is 90.1 Å². The van der Waals surface area contributed by atoms with Crippen molar-refractivity contribution in [1.29, 1.82) is 0 Å². The van der Waals surface area contributed by atoms with E-state index in [1.807, 2.05) is 31.2 Å². The largest absolute Gasteiger partial charge is 0.305 e. The molecule has 0 aliphatic carbocycles. The number of hydrogen-bond donors (Lipinski definition) is 1. The number of carbonyl (C=O) groups excluding carboxylic acids is 1. The molecule has 0 unspecified atom stereocenters. The predicted octanol–water partition coefficient (Wildman–Crippen LogP) is 4.36. The third-order valence-electron chi connectivity index (χ3n) is 4.17. The lowest BCUT2D eigenvalue weighted by Gasteiger charge is -2.06. The average molecular weight is 385 g/mol. The summed E-state index contributed by atoms with van der Waals surface area (Å²) in [6.07, 6.45) is 0. The molecule has 0 spiro atoms. The Labute approximate surface area is 160 Å². The Morgan fingerprint density at radius 3 is 2.67 bits per heavy atom. The van der Waals surface area contributed by atoms with Gasteiger partial charge in [-0.2, -0.15) is 5.10 Å². The average Bonchev–Trinajstić information content (AvgIpc) is 2.96. The Morgan fingerprint density at radius 1 is 1.22 bits per heavy atom. The Balaban J connectivity index is 1.79. The minimum absolute atomic E-state index is 0.0944.